The summed E-state index contributed by atoms with van der Waals surface area (Å²) in [7, 11) is 0. The first-order valence-electron chi connectivity index (χ1n) is 18.4. The number of alkyl halides is 12. The molecule has 18 nitrogen and oxygen atoms in total. The minimum Gasteiger partial charge on any atom is -0.475 e. The van der Waals surface area contributed by atoms with Crippen molar-refractivity contribution >= 4 is 28.9 Å². The summed E-state index contributed by atoms with van der Waals surface area (Å²) >= 11 is 0. The molecular weight excluding hydrogens is 916 g/mol. The topological polar surface area (TPSA) is 266 Å². The van der Waals surface area contributed by atoms with Gasteiger partial charge < -0.3 is 35.5 Å². The number of rotatable bonds is 11. The summed E-state index contributed by atoms with van der Waals surface area (Å²) in [6, 6.07) is 5.98. The zero-order valence-electron chi connectivity index (χ0n) is 32.9. The molecule has 1 aliphatic heterocycles. The van der Waals surface area contributed by atoms with E-state index in [0.29, 0.717) is 45.3 Å². The van der Waals surface area contributed by atoms with Crippen LogP contribution in [0.1, 0.15) is 50.0 Å². The average molecular weight is 953 g/mol. The summed E-state index contributed by atoms with van der Waals surface area (Å²) in [6.45, 7) is 1.91. The molecule has 0 aromatic carbocycles. The molecule has 6 N–H and O–H groups in total. The van der Waals surface area contributed by atoms with Crippen LogP contribution in [0.25, 0.3) is 22.3 Å². The first-order valence-corrected chi connectivity index (χ1v) is 18.4. The Kier molecular flexibility index (Phi) is 18.0. The van der Waals surface area contributed by atoms with Gasteiger partial charge in [0, 0.05) is 61.7 Å². The molecular formula is C35H36F12N10O8. The molecule has 65 heavy (non-hydrogen) atoms. The second-order valence-corrected chi connectivity index (χ2v) is 13.8. The molecule has 0 spiro atoms. The first-order chi connectivity index (χ1) is 30.1. The first kappa shape index (κ1) is 53.0. The van der Waals surface area contributed by atoms with Gasteiger partial charge in [-0.25, -0.2) is 29.3 Å². The molecule has 0 amide bonds. The molecule has 1 aliphatic carbocycles. The predicted octanol–water partition coefficient (Wildman–Crippen LogP) is 5.32. The number of H-pyrrole nitrogens is 1. The number of nitrogens with zero attached hydrogens (tertiary/aromatic N) is 8. The number of aromatic nitrogens is 7. The van der Waals surface area contributed by atoms with Gasteiger partial charge in [-0.1, -0.05) is 0 Å². The number of aliphatic hydroxyl groups excluding tert-OH is 1. The van der Waals surface area contributed by atoms with Crippen molar-refractivity contribution in [1.29, 1.82) is 5.26 Å². The number of nitriles is 1. The van der Waals surface area contributed by atoms with Crippen molar-refractivity contribution in [3.05, 3.63) is 48.6 Å². The van der Waals surface area contributed by atoms with Crippen molar-refractivity contribution in [3.8, 4) is 23.2 Å². The fourth-order valence-electron chi connectivity index (χ4n) is 6.13. The lowest BCUT2D eigenvalue weighted by Gasteiger charge is -2.53. The minimum atomic E-state index is -5.08. The highest BCUT2D eigenvalue weighted by Gasteiger charge is 2.48. The van der Waals surface area contributed by atoms with Crippen molar-refractivity contribution in [1.82, 2.24) is 44.9 Å². The molecule has 4 aromatic heterocycles. The maximum absolute atomic E-state index is 13.5. The Morgan fingerprint density at radius 3 is 1.97 bits per heavy atom. The predicted molar refractivity (Wildman–Crippen MR) is 193 cm³/mol. The fourth-order valence-corrected chi connectivity index (χ4v) is 6.13. The van der Waals surface area contributed by atoms with Crippen LogP contribution in [0, 0.1) is 11.3 Å². The summed E-state index contributed by atoms with van der Waals surface area (Å²) < 4.78 is 143. The summed E-state index contributed by atoms with van der Waals surface area (Å²) in [5, 5.41) is 48.5. The molecule has 358 valence electrons. The second-order valence-electron chi connectivity index (χ2n) is 13.8. The van der Waals surface area contributed by atoms with Crippen LogP contribution in [0.15, 0.2) is 37.1 Å². The van der Waals surface area contributed by atoms with Crippen LogP contribution in [0.5, 0.6) is 5.88 Å². The molecule has 0 radical (unpaired) electrons. The highest BCUT2D eigenvalue weighted by atomic mass is 19.4. The van der Waals surface area contributed by atoms with Gasteiger partial charge in [-0.2, -0.15) is 68.0 Å². The average Bonchev–Trinajstić information content (AvgIpc) is 3.89. The summed E-state index contributed by atoms with van der Waals surface area (Å²) in [6.07, 6.45) is -9.36. The number of aliphatic carboxylic acids is 3. The monoisotopic (exact) mass is 952 g/mol. The number of carboxylic acids is 3. The van der Waals surface area contributed by atoms with Gasteiger partial charge in [-0.15, -0.1) is 0 Å². The summed E-state index contributed by atoms with van der Waals surface area (Å²) in [4.78, 5) is 48.1. The van der Waals surface area contributed by atoms with E-state index >= 15 is 0 Å². The molecule has 4 aromatic rings. The van der Waals surface area contributed by atoms with E-state index in [1.165, 1.54) is 12.4 Å². The van der Waals surface area contributed by atoms with Crippen LogP contribution in [0.3, 0.4) is 0 Å². The number of likely N-dealkylation sites (tertiary alicyclic amines) is 1. The van der Waals surface area contributed by atoms with Crippen LogP contribution >= 0.6 is 0 Å². The standard InChI is InChI=1S/C29H33F3N10O2.3C2HF3O2/c30-29(31,32)27-39-20(14-34-9-1-11-43)12-24(40-27)44-22-4-2-21(3-5-22)41-16-28(17-41,7-8-33)42-15-19(13-38-42)25-23-6-10-35-26(23)37-18-36-25;3*3-2(4,5)1(6)7/h6,10,12-13,15,18,21-22,34,43H,1-5,7,9,11,14,16-17H2,(H,35,36,37);3*(H,6,7). The van der Waals surface area contributed by atoms with Crippen LogP contribution < -0.4 is 10.1 Å². The number of carbonyl (C=O) groups is 3. The van der Waals surface area contributed by atoms with E-state index < -0.39 is 54.0 Å². The number of aliphatic hydroxyl groups is 1. The van der Waals surface area contributed by atoms with Crippen LogP contribution in [-0.4, -0.2) is 135 Å². The maximum atomic E-state index is 13.5. The molecule has 2 fully saturated rings. The molecule has 0 atom stereocenters. The van der Waals surface area contributed by atoms with Crippen molar-refractivity contribution in [2.45, 2.75) is 87.5 Å². The van der Waals surface area contributed by atoms with Gasteiger partial charge in [-0.05, 0) is 44.7 Å². The zero-order chi connectivity index (χ0) is 49.0. The number of carboxylic acid groups (broad SMARTS) is 3. The maximum Gasteiger partial charge on any atom is 0.490 e. The van der Waals surface area contributed by atoms with Crippen molar-refractivity contribution in [3.63, 3.8) is 0 Å². The summed E-state index contributed by atoms with van der Waals surface area (Å²) in [5.74, 6) is -9.58. The third kappa shape index (κ3) is 15.7. The SMILES string of the molecule is N#CCC1(n2cc(-c3ncnc4[nH]ccc34)cn2)CN(C2CCC(Oc3cc(CNCCCO)nc(C(F)(F)F)n3)CC2)C1.O=C(O)C(F)(F)F.O=C(O)C(F)(F)F.O=C(O)C(F)(F)F. The third-order valence-corrected chi connectivity index (χ3v) is 9.10. The van der Waals surface area contributed by atoms with Gasteiger partial charge in [0.1, 0.15) is 23.6 Å². The highest BCUT2D eigenvalue weighted by Crippen LogP contribution is 2.39. The zero-order valence-corrected chi connectivity index (χ0v) is 32.9. The molecule has 6 rings (SSSR count). The van der Waals surface area contributed by atoms with Gasteiger partial charge >= 0.3 is 42.6 Å². The van der Waals surface area contributed by atoms with Crippen molar-refractivity contribution in [2.24, 2.45) is 0 Å². The minimum absolute atomic E-state index is 0.00978. The van der Waals surface area contributed by atoms with E-state index in [0.717, 1.165) is 35.1 Å². The van der Waals surface area contributed by atoms with E-state index in [1.54, 1.807) is 6.20 Å². The normalized spacial score (nSPS) is 17.4. The number of nitrogens with one attached hydrogen (secondary N) is 2. The number of aromatic amines is 1. The van der Waals surface area contributed by atoms with Gasteiger partial charge in [0.05, 0.1) is 30.1 Å². The largest absolute Gasteiger partial charge is 0.490 e. The molecule has 30 heteroatoms. The lowest BCUT2D eigenvalue weighted by atomic mass is 9.82. The van der Waals surface area contributed by atoms with Crippen molar-refractivity contribution in [2.75, 3.05) is 26.2 Å². The van der Waals surface area contributed by atoms with Gasteiger partial charge in [0.25, 0.3) is 0 Å². The Morgan fingerprint density at radius 1 is 0.892 bits per heavy atom. The van der Waals surface area contributed by atoms with E-state index in [-0.39, 0.29) is 36.9 Å². The lowest BCUT2D eigenvalue weighted by Crippen LogP contribution is -2.65. The highest BCUT2D eigenvalue weighted by molar-refractivity contribution is 5.90. The molecule has 2 aliphatic rings. The molecule has 0 unspecified atom stereocenters. The van der Waals surface area contributed by atoms with E-state index in [1.807, 2.05) is 23.1 Å². The fraction of sp³-hybridized carbons (Fsp3) is 0.514. The molecule has 1 saturated heterocycles. The Hall–Kier alpha value is -6.35. The van der Waals surface area contributed by atoms with Crippen LogP contribution in [0.2, 0.25) is 0 Å². The molecule has 1 saturated carbocycles. The Labute approximate surface area is 356 Å². The number of hydrogen-bond acceptors (Lipinski definition) is 13. The van der Waals surface area contributed by atoms with Gasteiger partial charge in [0.15, 0.2) is 0 Å². The Bertz CT molecular complexity index is 2190. The van der Waals surface area contributed by atoms with E-state index in [4.69, 9.17) is 39.5 Å². The van der Waals surface area contributed by atoms with E-state index in [2.05, 4.69) is 46.3 Å². The number of hydrogen-bond donors (Lipinski definition) is 6. The van der Waals surface area contributed by atoms with Gasteiger partial charge in [-0.3, -0.25) is 9.58 Å². The number of fused-ring (bicyclic) bond motifs is 1. The smallest absolute Gasteiger partial charge is 0.475 e. The van der Waals surface area contributed by atoms with Crippen molar-refractivity contribution < 1.29 is 92.2 Å². The van der Waals surface area contributed by atoms with Gasteiger partial charge in [0.2, 0.25) is 11.7 Å². The Balaban J connectivity index is 0.000000443. The number of ether oxygens (including phenoxy) is 1. The Morgan fingerprint density at radius 2 is 1.46 bits per heavy atom. The number of halogens is 12. The summed E-state index contributed by atoms with van der Waals surface area (Å²) in [5.41, 5.74) is 2.12. The quantitative estimate of drug-likeness (QED) is 0.0821. The second kappa shape index (κ2) is 22.0. The molecule has 0 bridgehead atoms. The molecule has 5 heterocycles. The van der Waals surface area contributed by atoms with E-state index in [9.17, 15) is 57.9 Å². The van der Waals surface area contributed by atoms with Crippen LogP contribution in [0.4, 0.5) is 52.7 Å². The lowest BCUT2D eigenvalue weighted by molar-refractivity contribution is -0.193. The van der Waals surface area contributed by atoms with Crippen LogP contribution in [-0.2, 0) is 32.6 Å². The third-order valence-electron chi connectivity index (χ3n) is 9.10.